The van der Waals surface area contributed by atoms with Crippen molar-refractivity contribution in [1.29, 1.82) is 0 Å². The van der Waals surface area contributed by atoms with Crippen molar-refractivity contribution in [3.63, 3.8) is 0 Å². The summed E-state index contributed by atoms with van der Waals surface area (Å²) in [4.78, 5) is 24.2. The molecule has 136 valence electrons. The fourth-order valence-corrected chi connectivity index (χ4v) is 2.43. The summed E-state index contributed by atoms with van der Waals surface area (Å²) in [6.45, 7) is -0.127. The molecule has 0 radical (unpaired) electrons. The monoisotopic (exact) mass is 380 g/mol. The molecule has 0 atom stereocenters. The average molecular weight is 381 g/mol. The largest absolute Gasteiger partial charge is 0.484 e. The SMILES string of the molecule is O=C(COc1ccc(Cl)cc1)Nc1ccc(C(=O)Nc2ccccc2)cc1. The molecule has 2 N–H and O–H groups in total. The van der Waals surface area contributed by atoms with Crippen LogP contribution in [-0.4, -0.2) is 18.4 Å². The molecule has 0 saturated heterocycles. The molecule has 0 bridgehead atoms. The predicted molar refractivity (Wildman–Crippen MR) is 106 cm³/mol. The average Bonchev–Trinajstić information content (AvgIpc) is 2.69. The van der Waals surface area contributed by atoms with E-state index in [1.807, 2.05) is 30.3 Å². The summed E-state index contributed by atoms with van der Waals surface area (Å²) in [7, 11) is 0. The van der Waals surface area contributed by atoms with Crippen LogP contribution in [0.2, 0.25) is 5.02 Å². The summed E-state index contributed by atoms with van der Waals surface area (Å²) in [5, 5.41) is 6.12. The van der Waals surface area contributed by atoms with Gasteiger partial charge in [0.1, 0.15) is 5.75 Å². The van der Waals surface area contributed by atoms with Crippen LogP contribution in [0.3, 0.4) is 0 Å². The summed E-state index contributed by atoms with van der Waals surface area (Å²) >= 11 is 5.80. The third-order valence-electron chi connectivity index (χ3n) is 3.65. The third kappa shape index (κ3) is 5.59. The van der Waals surface area contributed by atoms with Gasteiger partial charge in [-0.2, -0.15) is 0 Å². The first-order valence-electron chi connectivity index (χ1n) is 8.25. The zero-order valence-electron chi connectivity index (χ0n) is 14.3. The normalized spacial score (nSPS) is 10.1. The molecule has 3 aromatic rings. The molecule has 6 heteroatoms. The highest BCUT2D eigenvalue weighted by Gasteiger charge is 2.08. The highest BCUT2D eigenvalue weighted by atomic mass is 35.5. The molecule has 5 nitrogen and oxygen atoms in total. The molecular weight excluding hydrogens is 364 g/mol. The lowest BCUT2D eigenvalue weighted by Crippen LogP contribution is -2.20. The molecule has 3 rings (SSSR count). The Morgan fingerprint density at radius 1 is 0.778 bits per heavy atom. The maximum absolute atomic E-state index is 12.2. The maximum Gasteiger partial charge on any atom is 0.262 e. The molecule has 0 heterocycles. The van der Waals surface area contributed by atoms with Crippen LogP contribution in [0.15, 0.2) is 78.9 Å². The van der Waals surface area contributed by atoms with Crippen LogP contribution in [0.4, 0.5) is 11.4 Å². The van der Waals surface area contributed by atoms with E-state index in [4.69, 9.17) is 16.3 Å². The zero-order chi connectivity index (χ0) is 19.1. The number of ether oxygens (including phenoxy) is 1. The molecule has 0 aliphatic heterocycles. The molecule has 0 saturated carbocycles. The molecule has 27 heavy (non-hydrogen) atoms. The van der Waals surface area contributed by atoms with E-state index in [9.17, 15) is 9.59 Å². The molecule has 0 spiro atoms. The Morgan fingerprint density at radius 2 is 1.41 bits per heavy atom. The summed E-state index contributed by atoms with van der Waals surface area (Å²) in [5.74, 6) is 0.0408. The third-order valence-corrected chi connectivity index (χ3v) is 3.90. The van der Waals surface area contributed by atoms with Gasteiger partial charge in [-0.15, -0.1) is 0 Å². The van der Waals surface area contributed by atoms with Gasteiger partial charge in [0.05, 0.1) is 0 Å². The Labute approximate surface area is 161 Å². The first-order chi connectivity index (χ1) is 13.1. The van der Waals surface area contributed by atoms with Crippen molar-refractivity contribution in [3.8, 4) is 5.75 Å². The summed E-state index contributed by atoms with van der Waals surface area (Å²) in [5.41, 5.74) is 1.80. The Morgan fingerprint density at radius 3 is 2.07 bits per heavy atom. The number of rotatable bonds is 6. The van der Waals surface area contributed by atoms with Gasteiger partial charge in [-0.05, 0) is 60.7 Å². The topological polar surface area (TPSA) is 67.4 Å². The number of hydrogen-bond acceptors (Lipinski definition) is 3. The number of carbonyl (C=O) groups excluding carboxylic acids is 2. The van der Waals surface area contributed by atoms with E-state index in [1.165, 1.54) is 0 Å². The highest BCUT2D eigenvalue weighted by Crippen LogP contribution is 2.16. The van der Waals surface area contributed by atoms with Crippen molar-refractivity contribution in [2.45, 2.75) is 0 Å². The van der Waals surface area contributed by atoms with Gasteiger partial charge in [0, 0.05) is 22.0 Å². The Balaban J connectivity index is 1.51. The van der Waals surface area contributed by atoms with Crippen molar-refractivity contribution in [2.24, 2.45) is 0 Å². The number of amides is 2. The number of nitrogens with one attached hydrogen (secondary N) is 2. The Kier molecular flexibility index (Phi) is 6.07. The standard InChI is InChI=1S/C21H17ClN2O3/c22-16-8-12-19(13-9-16)27-14-20(25)23-18-10-6-15(7-11-18)21(26)24-17-4-2-1-3-5-17/h1-13H,14H2,(H,23,25)(H,24,26). The molecule has 0 unspecified atom stereocenters. The van der Waals surface area contributed by atoms with E-state index in [0.717, 1.165) is 5.69 Å². The molecule has 0 aliphatic carbocycles. The number of benzene rings is 3. The number of para-hydroxylation sites is 1. The number of halogens is 1. The van der Waals surface area contributed by atoms with Gasteiger partial charge < -0.3 is 15.4 Å². The van der Waals surface area contributed by atoms with Gasteiger partial charge in [0.25, 0.3) is 11.8 Å². The minimum Gasteiger partial charge on any atom is -0.484 e. The van der Waals surface area contributed by atoms with E-state index < -0.39 is 0 Å². The van der Waals surface area contributed by atoms with E-state index >= 15 is 0 Å². The molecule has 2 amide bonds. The fraction of sp³-hybridized carbons (Fsp3) is 0.0476. The molecule has 3 aromatic carbocycles. The van der Waals surface area contributed by atoms with Crippen LogP contribution in [0.1, 0.15) is 10.4 Å². The van der Waals surface area contributed by atoms with Crippen LogP contribution >= 0.6 is 11.6 Å². The molecule has 0 aromatic heterocycles. The van der Waals surface area contributed by atoms with Gasteiger partial charge in [0.15, 0.2) is 6.61 Å². The van der Waals surface area contributed by atoms with Crippen molar-refractivity contribution >= 4 is 34.8 Å². The van der Waals surface area contributed by atoms with Crippen molar-refractivity contribution in [3.05, 3.63) is 89.4 Å². The number of hydrogen-bond donors (Lipinski definition) is 2. The zero-order valence-corrected chi connectivity index (χ0v) is 15.1. The number of anilines is 2. The quantitative estimate of drug-likeness (QED) is 0.656. The van der Waals surface area contributed by atoms with Gasteiger partial charge in [0.2, 0.25) is 0 Å². The van der Waals surface area contributed by atoms with Gasteiger partial charge in [-0.1, -0.05) is 29.8 Å². The van der Waals surface area contributed by atoms with Gasteiger partial charge in [-0.3, -0.25) is 9.59 Å². The second-order valence-corrected chi connectivity index (χ2v) is 6.12. The first-order valence-corrected chi connectivity index (χ1v) is 8.62. The second kappa shape index (κ2) is 8.87. The summed E-state index contributed by atoms with van der Waals surface area (Å²) < 4.78 is 5.39. The van der Waals surface area contributed by atoms with E-state index in [1.54, 1.807) is 48.5 Å². The first kappa shape index (κ1) is 18.5. The highest BCUT2D eigenvalue weighted by molar-refractivity contribution is 6.30. The van der Waals surface area contributed by atoms with Crippen LogP contribution in [0, 0.1) is 0 Å². The minimum absolute atomic E-state index is 0.127. The van der Waals surface area contributed by atoms with E-state index in [2.05, 4.69) is 10.6 Å². The Hall–Kier alpha value is -3.31. The van der Waals surface area contributed by atoms with Crippen molar-refractivity contribution in [1.82, 2.24) is 0 Å². The van der Waals surface area contributed by atoms with Gasteiger partial charge in [-0.25, -0.2) is 0 Å². The smallest absolute Gasteiger partial charge is 0.262 e. The molecule has 0 fully saturated rings. The predicted octanol–water partition coefficient (Wildman–Crippen LogP) is 4.61. The molecule has 0 aliphatic rings. The minimum atomic E-state index is -0.300. The lowest BCUT2D eigenvalue weighted by Gasteiger charge is -2.09. The van der Waals surface area contributed by atoms with E-state index in [0.29, 0.717) is 22.0 Å². The van der Waals surface area contributed by atoms with E-state index in [-0.39, 0.29) is 18.4 Å². The Bertz CT molecular complexity index is 910. The van der Waals surface area contributed by atoms with Crippen LogP contribution in [0.5, 0.6) is 5.75 Å². The lowest BCUT2D eigenvalue weighted by atomic mass is 10.2. The van der Waals surface area contributed by atoms with Crippen molar-refractivity contribution in [2.75, 3.05) is 17.2 Å². The van der Waals surface area contributed by atoms with Crippen LogP contribution < -0.4 is 15.4 Å². The van der Waals surface area contributed by atoms with Crippen LogP contribution in [-0.2, 0) is 4.79 Å². The maximum atomic E-state index is 12.2. The fourth-order valence-electron chi connectivity index (χ4n) is 2.31. The number of carbonyl (C=O) groups is 2. The summed E-state index contributed by atoms with van der Waals surface area (Å²) in [6, 6.07) is 22.6. The van der Waals surface area contributed by atoms with Gasteiger partial charge >= 0.3 is 0 Å². The molecular formula is C21H17ClN2O3. The van der Waals surface area contributed by atoms with Crippen LogP contribution in [0.25, 0.3) is 0 Å². The second-order valence-electron chi connectivity index (χ2n) is 5.69. The lowest BCUT2D eigenvalue weighted by molar-refractivity contribution is -0.118. The summed E-state index contributed by atoms with van der Waals surface area (Å²) in [6.07, 6.45) is 0. The van der Waals surface area contributed by atoms with Crippen molar-refractivity contribution < 1.29 is 14.3 Å².